The average molecular weight is 407 g/mol. The highest BCUT2D eigenvalue weighted by atomic mass is 16.2. The minimum absolute atomic E-state index is 0.0429. The van der Waals surface area contributed by atoms with Gasteiger partial charge >= 0.3 is 0 Å². The molecular weight excluding hydrogens is 372 g/mol. The van der Waals surface area contributed by atoms with Crippen molar-refractivity contribution in [1.29, 1.82) is 0 Å². The lowest BCUT2D eigenvalue weighted by Gasteiger charge is -2.47. The van der Waals surface area contributed by atoms with Crippen molar-refractivity contribution in [2.24, 2.45) is 10.8 Å². The van der Waals surface area contributed by atoms with Gasteiger partial charge < -0.3 is 10.6 Å². The molecule has 2 amide bonds. The number of amides is 2. The maximum Gasteiger partial charge on any atom is 0.224 e. The van der Waals surface area contributed by atoms with Crippen LogP contribution in [-0.4, -0.2) is 24.4 Å². The van der Waals surface area contributed by atoms with Crippen LogP contribution in [0.1, 0.15) is 51.2 Å². The van der Waals surface area contributed by atoms with Crippen LogP contribution in [0.3, 0.4) is 0 Å². The Morgan fingerprint density at radius 2 is 1.37 bits per heavy atom. The van der Waals surface area contributed by atoms with Crippen molar-refractivity contribution in [2.75, 3.05) is 6.54 Å². The van der Waals surface area contributed by atoms with Crippen molar-refractivity contribution < 1.29 is 9.59 Å². The molecule has 4 nitrogen and oxygen atoms in total. The fourth-order valence-corrected chi connectivity index (χ4v) is 5.09. The van der Waals surface area contributed by atoms with Gasteiger partial charge in [-0.1, -0.05) is 81.4 Å². The average Bonchev–Trinajstić information content (AvgIpc) is 2.66. The van der Waals surface area contributed by atoms with Crippen LogP contribution in [0.25, 0.3) is 0 Å². The summed E-state index contributed by atoms with van der Waals surface area (Å²) in [5.41, 5.74) is 2.12. The molecule has 3 rings (SSSR count). The number of benzene rings is 2. The largest absolute Gasteiger partial charge is 0.355 e. The number of hydrogen-bond donors (Lipinski definition) is 2. The summed E-state index contributed by atoms with van der Waals surface area (Å²) in [7, 11) is 0. The summed E-state index contributed by atoms with van der Waals surface area (Å²) in [6.45, 7) is 7.37. The van der Waals surface area contributed by atoms with Crippen LogP contribution < -0.4 is 10.6 Å². The van der Waals surface area contributed by atoms with E-state index < -0.39 is 0 Å². The third kappa shape index (κ3) is 6.72. The molecule has 0 spiro atoms. The molecule has 1 aliphatic carbocycles. The molecule has 1 fully saturated rings. The van der Waals surface area contributed by atoms with E-state index in [0.29, 0.717) is 19.4 Å². The van der Waals surface area contributed by atoms with E-state index in [1.165, 1.54) is 0 Å². The lowest BCUT2D eigenvalue weighted by atomic mass is 9.62. The summed E-state index contributed by atoms with van der Waals surface area (Å²) in [5, 5.41) is 6.40. The molecular formula is C26H34N2O2. The highest BCUT2D eigenvalue weighted by molar-refractivity contribution is 5.79. The van der Waals surface area contributed by atoms with Gasteiger partial charge in [0.1, 0.15) is 0 Å². The van der Waals surface area contributed by atoms with E-state index in [4.69, 9.17) is 0 Å². The van der Waals surface area contributed by atoms with Crippen molar-refractivity contribution in [3.05, 3.63) is 71.8 Å². The van der Waals surface area contributed by atoms with Crippen molar-refractivity contribution in [2.45, 2.75) is 58.9 Å². The van der Waals surface area contributed by atoms with E-state index >= 15 is 0 Å². The quantitative estimate of drug-likeness (QED) is 0.721. The van der Waals surface area contributed by atoms with E-state index in [-0.39, 0.29) is 28.7 Å². The van der Waals surface area contributed by atoms with Gasteiger partial charge in [0.05, 0.1) is 12.8 Å². The van der Waals surface area contributed by atoms with Gasteiger partial charge in [0.2, 0.25) is 11.8 Å². The van der Waals surface area contributed by atoms with Gasteiger partial charge in [-0.15, -0.1) is 0 Å². The number of rotatable bonds is 7. The molecule has 0 saturated heterocycles. The third-order valence-electron chi connectivity index (χ3n) is 5.94. The minimum atomic E-state index is -0.0429. The lowest BCUT2D eigenvalue weighted by Crippen LogP contribution is -2.50. The summed E-state index contributed by atoms with van der Waals surface area (Å²) in [5.74, 6) is 0.120. The highest BCUT2D eigenvalue weighted by Gasteiger charge is 2.41. The Kier molecular flexibility index (Phi) is 6.96. The van der Waals surface area contributed by atoms with Gasteiger partial charge in [-0.2, -0.15) is 0 Å². The lowest BCUT2D eigenvalue weighted by molar-refractivity contribution is -0.123. The Labute approximate surface area is 180 Å². The zero-order chi connectivity index (χ0) is 21.6. The van der Waals surface area contributed by atoms with E-state index in [9.17, 15) is 9.59 Å². The molecule has 2 atom stereocenters. The maximum atomic E-state index is 12.6. The van der Waals surface area contributed by atoms with E-state index in [2.05, 4.69) is 31.4 Å². The van der Waals surface area contributed by atoms with Crippen LogP contribution in [0.4, 0.5) is 0 Å². The zero-order valence-electron chi connectivity index (χ0n) is 18.4. The Bertz CT molecular complexity index is 848. The normalized spacial score (nSPS) is 22.8. The Hall–Kier alpha value is -2.62. The molecule has 2 N–H and O–H groups in total. The maximum absolute atomic E-state index is 12.6. The molecule has 2 aromatic rings. The second kappa shape index (κ2) is 9.46. The molecule has 4 heteroatoms. The molecule has 2 aromatic carbocycles. The van der Waals surface area contributed by atoms with Gasteiger partial charge in [-0.3, -0.25) is 9.59 Å². The second-order valence-corrected chi connectivity index (χ2v) is 9.93. The molecule has 30 heavy (non-hydrogen) atoms. The van der Waals surface area contributed by atoms with Crippen molar-refractivity contribution in [3.63, 3.8) is 0 Å². The Morgan fingerprint density at radius 1 is 0.833 bits per heavy atom. The van der Waals surface area contributed by atoms with Crippen LogP contribution in [0.15, 0.2) is 60.7 Å². The van der Waals surface area contributed by atoms with Crippen molar-refractivity contribution >= 4 is 11.8 Å². The predicted octanol–water partition coefficient (Wildman–Crippen LogP) is 4.29. The topological polar surface area (TPSA) is 58.2 Å². The van der Waals surface area contributed by atoms with Gasteiger partial charge in [-0.05, 0) is 41.2 Å². The molecule has 1 saturated carbocycles. The second-order valence-electron chi connectivity index (χ2n) is 9.93. The first-order valence-corrected chi connectivity index (χ1v) is 10.9. The summed E-state index contributed by atoms with van der Waals surface area (Å²) in [6.07, 6.45) is 3.67. The van der Waals surface area contributed by atoms with Gasteiger partial charge in [0.15, 0.2) is 0 Å². The van der Waals surface area contributed by atoms with Gasteiger partial charge in [-0.25, -0.2) is 0 Å². The first kappa shape index (κ1) is 22.1. The molecule has 0 heterocycles. The van der Waals surface area contributed by atoms with Crippen LogP contribution in [0, 0.1) is 10.8 Å². The fourth-order valence-electron chi connectivity index (χ4n) is 5.09. The molecule has 160 valence electrons. The molecule has 0 aromatic heterocycles. The Balaban J connectivity index is 1.56. The van der Waals surface area contributed by atoms with Crippen molar-refractivity contribution in [1.82, 2.24) is 10.6 Å². The Morgan fingerprint density at radius 3 is 1.93 bits per heavy atom. The molecule has 0 aliphatic heterocycles. The smallest absolute Gasteiger partial charge is 0.224 e. The first-order chi connectivity index (χ1) is 14.2. The molecule has 0 radical (unpaired) electrons. The summed E-state index contributed by atoms with van der Waals surface area (Å²) >= 11 is 0. The summed E-state index contributed by atoms with van der Waals surface area (Å²) in [6, 6.07) is 19.8. The van der Waals surface area contributed by atoms with Gasteiger partial charge in [0.25, 0.3) is 0 Å². The minimum Gasteiger partial charge on any atom is -0.355 e. The van der Waals surface area contributed by atoms with E-state index in [1.807, 2.05) is 60.7 Å². The van der Waals surface area contributed by atoms with Crippen LogP contribution in [0.5, 0.6) is 0 Å². The number of carbonyl (C=O) groups excluding carboxylic acids is 2. The van der Waals surface area contributed by atoms with E-state index in [1.54, 1.807) is 0 Å². The monoisotopic (exact) mass is 406 g/mol. The van der Waals surface area contributed by atoms with Crippen molar-refractivity contribution in [3.8, 4) is 0 Å². The van der Waals surface area contributed by atoms with Crippen LogP contribution >= 0.6 is 0 Å². The molecule has 1 aliphatic rings. The number of carbonyl (C=O) groups is 2. The SMILES string of the molecule is CC1(C)C[C@H](NC(=O)Cc2ccccc2)C[C@](C)(CNC(=O)Cc2ccccc2)C1. The van der Waals surface area contributed by atoms with Gasteiger partial charge in [0, 0.05) is 12.6 Å². The first-order valence-electron chi connectivity index (χ1n) is 10.9. The summed E-state index contributed by atoms with van der Waals surface area (Å²) < 4.78 is 0. The van der Waals surface area contributed by atoms with Crippen LogP contribution in [-0.2, 0) is 22.4 Å². The van der Waals surface area contributed by atoms with Crippen LogP contribution in [0.2, 0.25) is 0 Å². The fraction of sp³-hybridized carbons (Fsp3) is 0.462. The summed E-state index contributed by atoms with van der Waals surface area (Å²) in [4.78, 5) is 25.0. The highest BCUT2D eigenvalue weighted by Crippen LogP contribution is 2.45. The molecule has 0 bridgehead atoms. The standard InChI is InChI=1S/C26H34N2O2/c1-25(2)16-22(28-24(30)15-21-12-8-5-9-13-21)17-26(3,18-25)19-27-23(29)14-20-10-6-4-7-11-20/h4-13,22H,14-19H2,1-3H3,(H,27,29)(H,28,30)/t22-,26-/m0/s1. The van der Waals surface area contributed by atoms with E-state index in [0.717, 1.165) is 30.4 Å². The number of hydrogen-bond acceptors (Lipinski definition) is 2. The third-order valence-corrected chi connectivity index (χ3v) is 5.94. The molecule has 0 unspecified atom stereocenters. The number of nitrogens with one attached hydrogen (secondary N) is 2. The zero-order valence-corrected chi connectivity index (χ0v) is 18.4. The predicted molar refractivity (Wildman–Crippen MR) is 121 cm³/mol.